The molecule has 1 aliphatic heterocycles. The molecule has 1 atom stereocenters. The number of hydrogen-bond donors (Lipinski definition) is 1. The number of nitrogens with zero attached hydrogens (tertiary/aromatic N) is 4. The van der Waals surface area contributed by atoms with Crippen molar-refractivity contribution >= 4 is 38.2 Å². The van der Waals surface area contributed by atoms with Crippen molar-refractivity contribution in [1.29, 1.82) is 0 Å². The van der Waals surface area contributed by atoms with Crippen LogP contribution in [-0.2, 0) is 9.84 Å². The van der Waals surface area contributed by atoms with E-state index in [0.29, 0.717) is 18.2 Å². The first-order valence-electron chi connectivity index (χ1n) is 8.39. The van der Waals surface area contributed by atoms with Gasteiger partial charge in [-0.3, -0.25) is 4.98 Å². The van der Waals surface area contributed by atoms with E-state index < -0.39 is 9.84 Å². The van der Waals surface area contributed by atoms with E-state index in [1.165, 1.54) is 0 Å². The Balaban J connectivity index is 1.60. The smallest absolute Gasteiger partial charge is 0.229 e. The molecule has 1 fully saturated rings. The van der Waals surface area contributed by atoms with E-state index in [1.807, 2.05) is 42.3 Å². The molecule has 4 rings (SSSR count). The van der Waals surface area contributed by atoms with E-state index in [4.69, 9.17) is 0 Å². The number of anilines is 3. The average molecular weight is 369 g/mol. The number of para-hydroxylation sites is 1. The van der Waals surface area contributed by atoms with Crippen molar-refractivity contribution in [3.8, 4) is 0 Å². The van der Waals surface area contributed by atoms with E-state index >= 15 is 0 Å². The van der Waals surface area contributed by atoms with Gasteiger partial charge in [0.15, 0.2) is 9.84 Å². The molecule has 0 bridgehead atoms. The molecule has 134 valence electrons. The van der Waals surface area contributed by atoms with Gasteiger partial charge in [0.05, 0.1) is 22.7 Å². The molecule has 0 spiro atoms. The zero-order valence-electron chi connectivity index (χ0n) is 14.3. The monoisotopic (exact) mass is 369 g/mol. The van der Waals surface area contributed by atoms with Gasteiger partial charge in [0.1, 0.15) is 5.82 Å². The predicted molar refractivity (Wildman–Crippen MR) is 103 cm³/mol. The number of sulfone groups is 1. The number of rotatable bonds is 4. The van der Waals surface area contributed by atoms with Gasteiger partial charge in [0.25, 0.3) is 0 Å². The summed E-state index contributed by atoms with van der Waals surface area (Å²) in [6.07, 6.45) is 4.04. The molecule has 0 amide bonds. The third kappa shape index (κ3) is 3.32. The molecule has 1 N–H and O–H groups in total. The molecule has 1 aliphatic rings. The summed E-state index contributed by atoms with van der Waals surface area (Å²) in [4.78, 5) is 15.2. The molecule has 1 unspecified atom stereocenters. The SMILES string of the molecule is CN(c1ccnc(Nc2cccc3cccnc23)n1)C1CCS(=O)(=O)C1. The molecule has 1 aromatic carbocycles. The molecule has 8 heteroatoms. The Hall–Kier alpha value is -2.74. The Morgan fingerprint density at radius 2 is 1.96 bits per heavy atom. The molecule has 3 heterocycles. The summed E-state index contributed by atoms with van der Waals surface area (Å²) in [6, 6.07) is 11.5. The maximum Gasteiger partial charge on any atom is 0.229 e. The second kappa shape index (κ2) is 6.53. The van der Waals surface area contributed by atoms with Gasteiger partial charge in [-0.15, -0.1) is 0 Å². The fourth-order valence-corrected chi connectivity index (χ4v) is 4.97. The quantitative estimate of drug-likeness (QED) is 0.755. The highest BCUT2D eigenvalue weighted by Crippen LogP contribution is 2.25. The minimum absolute atomic E-state index is 0.0537. The molecule has 3 aromatic rings. The molecular weight excluding hydrogens is 350 g/mol. The molecule has 2 aromatic heterocycles. The number of benzene rings is 1. The summed E-state index contributed by atoms with van der Waals surface area (Å²) in [6.45, 7) is 0. The Morgan fingerprint density at radius 3 is 2.77 bits per heavy atom. The number of fused-ring (bicyclic) bond motifs is 1. The number of nitrogens with one attached hydrogen (secondary N) is 1. The van der Waals surface area contributed by atoms with Gasteiger partial charge in [0, 0.05) is 30.9 Å². The Morgan fingerprint density at radius 1 is 1.12 bits per heavy atom. The van der Waals surface area contributed by atoms with Gasteiger partial charge < -0.3 is 10.2 Å². The maximum atomic E-state index is 11.7. The summed E-state index contributed by atoms with van der Waals surface area (Å²) in [5, 5.41) is 4.25. The van der Waals surface area contributed by atoms with Gasteiger partial charge >= 0.3 is 0 Å². The third-order valence-electron chi connectivity index (χ3n) is 4.64. The Kier molecular flexibility index (Phi) is 4.20. The lowest BCUT2D eigenvalue weighted by atomic mass is 10.2. The van der Waals surface area contributed by atoms with Crippen LogP contribution < -0.4 is 10.2 Å². The lowest BCUT2D eigenvalue weighted by Gasteiger charge is -2.24. The fourth-order valence-electron chi connectivity index (χ4n) is 3.20. The minimum atomic E-state index is -2.94. The van der Waals surface area contributed by atoms with Crippen LogP contribution in [0, 0.1) is 0 Å². The zero-order valence-corrected chi connectivity index (χ0v) is 15.1. The average Bonchev–Trinajstić information content (AvgIpc) is 3.01. The molecule has 26 heavy (non-hydrogen) atoms. The Labute approximate surface area is 152 Å². The van der Waals surface area contributed by atoms with Gasteiger partial charge in [-0.1, -0.05) is 18.2 Å². The number of aromatic nitrogens is 3. The molecule has 0 radical (unpaired) electrons. The third-order valence-corrected chi connectivity index (χ3v) is 6.39. The summed E-state index contributed by atoms with van der Waals surface area (Å²) in [5.74, 6) is 1.55. The predicted octanol–water partition coefficient (Wildman–Crippen LogP) is 2.39. The van der Waals surface area contributed by atoms with Crippen LogP contribution in [0.4, 0.5) is 17.5 Å². The normalized spacial score (nSPS) is 18.7. The van der Waals surface area contributed by atoms with Crippen molar-refractivity contribution in [3.63, 3.8) is 0 Å². The van der Waals surface area contributed by atoms with Crippen LogP contribution >= 0.6 is 0 Å². The van der Waals surface area contributed by atoms with Crippen LogP contribution in [0.25, 0.3) is 10.9 Å². The maximum absolute atomic E-state index is 11.7. The van der Waals surface area contributed by atoms with E-state index in [9.17, 15) is 8.42 Å². The van der Waals surface area contributed by atoms with Crippen molar-refractivity contribution in [3.05, 3.63) is 48.8 Å². The summed E-state index contributed by atoms with van der Waals surface area (Å²) in [7, 11) is -1.07. The molecular formula is C18H19N5O2S. The molecule has 0 aliphatic carbocycles. The topological polar surface area (TPSA) is 88.1 Å². The Bertz CT molecular complexity index is 1050. The fraction of sp³-hybridized carbons (Fsp3) is 0.278. The first kappa shape index (κ1) is 16.7. The van der Waals surface area contributed by atoms with Crippen molar-refractivity contribution in [1.82, 2.24) is 15.0 Å². The molecule has 1 saturated heterocycles. The van der Waals surface area contributed by atoms with Gasteiger partial charge in [-0.2, -0.15) is 4.98 Å². The highest BCUT2D eigenvalue weighted by molar-refractivity contribution is 7.91. The van der Waals surface area contributed by atoms with Crippen LogP contribution in [0.15, 0.2) is 48.8 Å². The standard InChI is InChI=1S/C18H19N5O2S/c1-23(14-8-11-26(24,25)12-14)16-7-10-20-18(22-16)21-15-6-2-4-13-5-3-9-19-17(13)15/h2-7,9-10,14H,8,11-12H2,1H3,(H,20,21,22). The van der Waals surface area contributed by atoms with Crippen LogP contribution in [0.5, 0.6) is 0 Å². The number of pyridine rings is 1. The van der Waals surface area contributed by atoms with Crippen LogP contribution in [0.2, 0.25) is 0 Å². The first-order chi connectivity index (χ1) is 12.5. The highest BCUT2D eigenvalue weighted by atomic mass is 32.2. The molecule has 0 saturated carbocycles. The second-order valence-corrected chi connectivity index (χ2v) is 8.64. The summed E-state index contributed by atoms with van der Waals surface area (Å²) >= 11 is 0. The van der Waals surface area contributed by atoms with Gasteiger partial charge in [-0.05, 0) is 24.6 Å². The number of hydrogen-bond acceptors (Lipinski definition) is 7. The van der Waals surface area contributed by atoms with Gasteiger partial charge in [-0.25, -0.2) is 13.4 Å². The van der Waals surface area contributed by atoms with Crippen molar-refractivity contribution in [2.45, 2.75) is 12.5 Å². The largest absolute Gasteiger partial charge is 0.355 e. The van der Waals surface area contributed by atoms with Crippen LogP contribution in [0.3, 0.4) is 0 Å². The summed E-state index contributed by atoms with van der Waals surface area (Å²) < 4.78 is 23.5. The lowest BCUT2D eigenvalue weighted by Crippen LogP contribution is -2.33. The second-order valence-electron chi connectivity index (χ2n) is 6.41. The zero-order chi connectivity index (χ0) is 18.1. The van der Waals surface area contributed by atoms with Crippen molar-refractivity contribution < 1.29 is 8.42 Å². The first-order valence-corrected chi connectivity index (χ1v) is 10.2. The van der Waals surface area contributed by atoms with E-state index in [-0.39, 0.29) is 17.5 Å². The minimum Gasteiger partial charge on any atom is -0.355 e. The lowest BCUT2D eigenvalue weighted by molar-refractivity contribution is 0.600. The van der Waals surface area contributed by atoms with Crippen LogP contribution in [0.1, 0.15) is 6.42 Å². The van der Waals surface area contributed by atoms with Gasteiger partial charge in [0.2, 0.25) is 5.95 Å². The van der Waals surface area contributed by atoms with Crippen molar-refractivity contribution in [2.24, 2.45) is 0 Å². The van der Waals surface area contributed by atoms with Crippen LogP contribution in [-0.4, -0.2) is 48.0 Å². The van der Waals surface area contributed by atoms with Crippen molar-refractivity contribution in [2.75, 3.05) is 28.8 Å². The summed E-state index contributed by atoms with van der Waals surface area (Å²) in [5.41, 5.74) is 1.67. The van der Waals surface area contributed by atoms with E-state index in [1.54, 1.807) is 18.5 Å². The highest BCUT2D eigenvalue weighted by Gasteiger charge is 2.31. The molecule has 7 nitrogen and oxygen atoms in total. The van der Waals surface area contributed by atoms with E-state index in [0.717, 1.165) is 16.6 Å². The van der Waals surface area contributed by atoms with E-state index in [2.05, 4.69) is 20.3 Å².